The van der Waals surface area contributed by atoms with Crippen LogP contribution in [0.3, 0.4) is 0 Å². The summed E-state index contributed by atoms with van der Waals surface area (Å²) in [6.07, 6.45) is 13.7. The molecule has 0 aliphatic heterocycles. The smallest absolute Gasteiger partial charge is 0.454 e. The molecule has 0 bridgehead atoms. The molecular formula is C23H27ORbS. The minimum absolute atomic E-state index is 0. The second kappa shape index (κ2) is 10.3. The first-order valence-electron chi connectivity index (χ1n) is 9.79. The Morgan fingerprint density at radius 1 is 0.846 bits per heavy atom. The Bertz CT molecular complexity index is 730. The molecule has 0 N–H and O–H groups in total. The van der Waals surface area contributed by atoms with E-state index in [0.717, 1.165) is 23.5 Å². The van der Waals surface area contributed by atoms with Crippen LogP contribution < -0.4 is 62.9 Å². The van der Waals surface area contributed by atoms with Crippen LogP contribution in [0.25, 0.3) is 10.8 Å². The van der Waals surface area contributed by atoms with Crippen LogP contribution in [0.4, 0.5) is 0 Å². The first-order chi connectivity index (χ1) is 12.3. The van der Waals surface area contributed by atoms with E-state index in [0.29, 0.717) is 0 Å². The van der Waals surface area contributed by atoms with Crippen LogP contribution in [-0.2, 0) is 0 Å². The molecule has 26 heavy (non-hydrogen) atoms. The summed E-state index contributed by atoms with van der Waals surface area (Å²) in [4.78, 5) is 0. The van der Waals surface area contributed by atoms with Crippen molar-refractivity contribution in [1.29, 1.82) is 0 Å². The van der Waals surface area contributed by atoms with Crippen LogP contribution >= 0.6 is 12.2 Å². The molecule has 0 aromatic heterocycles. The second-order valence-electron chi connectivity index (χ2n) is 7.80. The van der Waals surface area contributed by atoms with Gasteiger partial charge in [0.15, 0.2) is 5.55 Å². The van der Waals surface area contributed by atoms with Crippen molar-refractivity contribution >= 4 is 28.5 Å². The maximum Gasteiger partial charge on any atom is 1.00 e. The average Bonchev–Trinajstić information content (AvgIpc) is 2.69. The predicted molar refractivity (Wildman–Crippen MR) is 109 cm³/mol. The Labute approximate surface area is 212 Å². The summed E-state index contributed by atoms with van der Waals surface area (Å²) < 4.78 is 5.32. The molecule has 132 valence electrons. The maximum atomic E-state index is 5.32. The van der Waals surface area contributed by atoms with Gasteiger partial charge >= 0.3 is 58.2 Å². The number of benzene rings is 2. The van der Waals surface area contributed by atoms with E-state index in [-0.39, 0.29) is 58.2 Å². The van der Waals surface area contributed by atoms with Gasteiger partial charge in [0.2, 0.25) is 0 Å². The molecule has 0 heterocycles. The first kappa shape index (κ1) is 21.1. The van der Waals surface area contributed by atoms with Crippen molar-refractivity contribution in [3.63, 3.8) is 0 Å². The summed E-state index contributed by atoms with van der Waals surface area (Å²) in [6, 6.07) is 13.2. The van der Waals surface area contributed by atoms with Gasteiger partial charge in [0.05, 0.1) is 0 Å². The Morgan fingerprint density at radius 2 is 1.50 bits per heavy atom. The van der Waals surface area contributed by atoms with E-state index in [1.807, 2.05) is 6.07 Å². The number of fused-ring (bicyclic) bond motifs is 1. The van der Waals surface area contributed by atoms with Crippen LogP contribution in [0.2, 0.25) is 0 Å². The van der Waals surface area contributed by atoms with Crippen LogP contribution in [0.5, 0.6) is 5.75 Å². The molecule has 3 heteroatoms. The SMILES string of the molecule is S=COc1ccc2cc(C3CCC(C4CC[CH-]CC4)CC3)ccc2c1.[Rb+]. The fraction of sp³-hybridized carbons (Fsp3) is 0.478. The van der Waals surface area contributed by atoms with E-state index in [9.17, 15) is 0 Å². The van der Waals surface area contributed by atoms with E-state index >= 15 is 0 Å². The van der Waals surface area contributed by atoms with Crippen LogP contribution in [0.1, 0.15) is 62.8 Å². The van der Waals surface area contributed by atoms with E-state index in [4.69, 9.17) is 17.0 Å². The third-order valence-corrected chi connectivity index (χ3v) is 6.51. The third kappa shape index (κ3) is 5.05. The molecule has 2 fully saturated rings. The van der Waals surface area contributed by atoms with Gasteiger partial charge in [0.1, 0.15) is 5.75 Å². The van der Waals surface area contributed by atoms with Crippen molar-refractivity contribution in [2.75, 3.05) is 0 Å². The molecule has 0 amide bonds. The van der Waals surface area contributed by atoms with Gasteiger partial charge in [-0.2, -0.15) is 12.8 Å². The molecule has 2 aromatic rings. The molecule has 0 radical (unpaired) electrons. The summed E-state index contributed by atoms with van der Waals surface area (Å²) in [6.45, 7) is 0. The molecule has 4 rings (SSSR count). The summed E-state index contributed by atoms with van der Waals surface area (Å²) in [5, 5.41) is 2.53. The van der Waals surface area contributed by atoms with Gasteiger partial charge in [-0.15, -0.1) is 0 Å². The summed E-state index contributed by atoms with van der Waals surface area (Å²) in [7, 11) is 0. The van der Waals surface area contributed by atoms with Gasteiger partial charge in [-0.1, -0.05) is 37.1 Å². The molecule has 0 atom stereocenters. The largest absolute Gasteiger partial charge is 1.00 e. The van der Waals surface area contributed by atoms with E-state index in [1.54, 1.807) is 0 Å². The number of rotatable bonds is 4. The van der Waals surface area contributed by atoms with Gasteiger partial charge in [-0.3, -0.25) is 0 Å². The molecule has 2 aromatic carbocycles. The topological polar surface area (TPSA) is 9.23 Å². The minimum atomic E-state index is 0. The summed E-state index contributed by atoms with van der Waals surface area (Å²) in [5.74, 6) is 3.55. The van der Waals surface area contributed by atoms with Gasteiger partial charge in [0.25, 0.3) is 0 Å². The zero-order valence-corrected chi connectivity index (χ0v) is 21.6. The quantitative estimate of drug-likeness (QED) is 0.532. The minimum Gasteiger partial charge on any atom is -0.454 e. The van der Waals surface area contributed by atoms with Crippen LogP contribution in [0.15, 0.2) is 36.4 Å². The Balaban J connectivity index is 0.00000196. The second-order valence-corrected chi connectivity index (χ2v) is 7.99. The summed E-state index contributed by atoms with van der Waals surface area (Å²) >= 11 is 4.77. The molecule has 0 saturated heterocycles. The van der Waals surface area contributed by atoms with Crippen LogP contribution in [-0.4, -0.2) is 5.55 Å². The summed E-state index contributed by atoms with van der Waals surface area (Å²) in [5.41, 5.74) is 2.84. The van der Waals surface area contributed by atoms with Crippen molar-refractivity contribution in [3.05, 3.63) is 48.4 Å². The van der Waals surface area contributed by atoms with Gasteiger partial charge in [-0.25, -0.2) is 0 Å². The third-order valence-electron chi connectivity index (χ3n) is 6.41. The van der Waals surface area contributed by atoms with Crippen molar-refractivity contribution in [2.24, 2.45) is 11.8 Å². The van der Waals surface area contributed by atoms with E-state index in [2.05, 4.69) is 36.8 Å². The fourth-order valence-corrected chi connectivity index (χ4v) is 5.08. The van der Waals surface area contributed by atoms with Crippen molar-refractivity contribution in [1.82, 2.24) is 0 Å². The number of thiocarbonyl (C=S) groups is 1. The number of hydrogen-bond acceptors (Lipinski definition) is 2. The van der Waals surface area contributed by atoms with Crippen molar-refractivity contribution in [3.8, 4) is 5.75 Å². The van der Waals surface area contributed by atoms with Crippen molar-refractivity contribution < 1.29 is 62.9 Å². The van der Waals surface area contributed by atoms with E-state index in [1.165, 1.54) is 73.3 Å². The standard InChI is InChI=1S/C23H27OS.Rb/c25-16-24-23-13-12-21-14-20(10-11-22(21)15-23)19-8-6-18(7-9-19)17-4-2-1-3-5-17;/h1,10-19H,2-9H2;/q-1;+1. The zero-order valence-electron chi connectivity index (χ0n) is 15.8. The fourth-order valence-electron chi connectivity index (χ4n) is 4.97. The molecule has 0 unspecified atom stereocenters. The molecule has 2 aliphatic carbocycles. The van der Waals surface area contributed by atoms with Crippen molar-refractivity contribution in [2.45, 2.75) is 57.3 Å². The Kier molecular flexibility index (Phi) is 8.32. The van der Waals surface area contributed by atoms with Gasteiger partial charge in [0, 0.05) is 0 Å². The molecule has 0 spiro atoms. The van der Waals surface area contributed by atoms with Gasteiger partial charge in [-0.05, 0) is 84.1 Å². The molecule has 1 nitrogen and oxygen atoms in total. The zero-order chi connectivity index (χ0) is 17.1. The molecule has 2 aliphatic rings. The van der Waals surface area contributed by atoms with E-state index < -0.39 is 0 Å². The number of hydrogen-bond donors (Lipinski definition) is 0. The normalized spacial score (nSPS) is 24.0. The number of ether oxygens (including phenoxy) is 1. The Morgan fingerprint density at radius 3 is 2.23 bits per heavy atom. The average molecular weight is 437 g/mol. The molecule has 2 saturated carbocycles. The van der Waals surface area contributed by atoms with Gasteiger partial charge < -0.3 is 11.2 Å². The molecular weight excluding hydrogens is 410 g/mol. The monoisotopic (exact) mass is 436 g/mol. The Hall–Kier alpha value is 0.395. The van der Waals surface area contributed by atoms with Crippen LogP contribution in [0, 0.1) is 18.3 Å². The maximum absolute atomic E-state index is 5.32. The first-order valence-corrected chi connectivity index (χ1v) is 10.3. The predicted octanol–water partition coefficient (Wildman–Crippen LogP) is 3.85.